The largest absolute Gasteiger partial charge is 0.488 e. The van der Waals surface area contributed by atoms with E-state index in [4.69, 9.17) is 10.00 Å². The van der Waals surface area contributed by atoms with Gasteiger partial charge in [-0.3, -0.25) is 0 Å². The van der Waals surface area contributed by atoms with Gasteiger partial charge in [0.25, 0.3) is 0 Å². The number of halogens is 1. The molecule has 2 aromatic rings. The molecule has 5 heteroatoms. The zero-order chi connectivity index (χ0) is 15.1. The van der Waals surface area contributed by atoms with Crippen LogP contribution >= 0.6 is 15.9 Å². The molecule has 0 aliphatic rings. The van der Waals surface area contributed by atoms with Gasteiger partial charge < -0.3 is 10.1 Å². The molecule has 0 amide bonds. The third-order valence-corrected chi connectivity index (χ3v) is 3.53. The molecular weight excluding hydrogens is 330 g/mol. The number of nitrogens with one attached hydrogen (secondary N) is 1. The van der Waals surface area contributed by atoms with Gasteiger partial charge in [0.15, 0.2) is 0 Å². The fourth-order valence-electron chi connectivity index (χ4n) is 1.83. The topological polar surface area (TPSA) is 57.9 Å². The van der Waals surface area contributed by atoms with Crippen molar-refractivity contribution in [3.63, 3.8) is 0 Å². The van der Waals surface area contributed by atoms with E-state index < -0.39 is 0 Å². The summed E-state index contributed by atoms with van der Waals surface area (Å²) in [5.74, 6) is 0.783. The second kappa shape index (κ2) is 7.77. The molecule has 1 aromatic carbocycles. The number of nitrogens with zero attached hydrogens (tertiary/aromatic N) is 2. The lowest BCUT2D eigenvalue weighted by atomic mass is 10.2. The molecule has 0 saturated heterocycles. The van der Waals surface area contributed by atoms with Gasteiger partial charge in [-0.15, -0.1) is 0 Å². The smallest absolute Gasteiger partial charge is 0.140 e. The van der Waals surface area contributed by atoms with Crippen LogP contribution in [0.15, 0.2) is 41.0 Å². The highest BCUT2D eigenvalue weighted by atomic mass is 79.9. The Morgan fingerprint density at radius 1 is 1.29 bits per heavy atom. The lowest BCUT2D eigenvalue weighted by Gasteiger charge is -2.10. The van der Waals surface area contributed by atoms with Gasteiger partial charge in [-0.05, 0) is 57.9 Å². The minimum Gasteiger partial charge on any atom is -0.488 e. The van der Waals surface area contributed by atoms with E-state index >= 15 is 0 Å². The Bertz CT molecular complexity index is 652. The number of ether oxygens (including phenoxy) is 1. The monoisotopic (exact) mass is 345 g/mol. The Morgan fingerprint density at radius 3 is 2.86 bits per heavy atom. The van der Waals surface area contributed by atoms with Crippen molar-refractivity contribution in [3.05, 3.63) is 57.8 Å². The van der Waals surface area contributed by atoms with Crippen molar-refractivity contribution < 1.29 is 4.74 Å². The van der Waals surface area contributed by atoms with E-state index in [1.165, 1.54) is 5.56 Å². The summed E-state index contributed by atoms with van der Waals surface area (Å²) in [5, 5.41) is 12.1. The third kappa shape index (κ3) is 4.55. The van der Waals surface area contributed by atoms with E-state index in [-0.39, 0.29) is 0 Å². The summed E-state index contributed by atoms with van der Waals surface area (Å²) >= 11 is 3.52. The molecular formula is C16H16BrN3O. The van der Waals surface area contributed by atoms with E-state index in [0.29, 0.717) is 12.3 Å². The summed E-state index contributed by atoms with van der Waals surface area (Å²) in [6.07, 6.45) is 1.62. The molecule has 1 N–H and O–H groups in total. The van der Waals surface area contributed by atoms with Gasteiger partial charge in [-0.1, -0.05) is 13.0 Å². The fourth-order valence-corrected chi connectivity index (χ4v) is 2.37. The number of benzene rings is 1. The summed E-state index contributed by atoms with van der Waals surface area (Å²) in [7, 11) is 0. The summed E-state index contributed by atoms with van der Waals surface area (Å²) < 4.78 is 6.70. The number of hydrogen-bond acceptors (Lipinski definition) is 4. The first-order valence-electron chi connectivity index (χ1n) is 6.70. The van der Waals surface area contributed by atoms with E-state index in [2.05, 4.69) is 33.2 Å². The first-order valence-corrected chi connectivity index (χ1v) is 7.49. The van der Waals surface area contributed by atoms with Gasteiger partial charge in [-0.25, -0.2) is 4.98 Å². The Morgan fingerprint density at radius 2 is 2.14 bits per heavy atom. The highest BCUT2D eigenvalue weighted by molar-refractivity contribution is 9.10. The summed E-state index contributed by atoms with van der Waals surface area (Å²) in [6.45, 7) is 4.27. The van der Waals surface area contributed by atoms with Crippen LogP contribution < -0.4 is 10.1 Å². The minimum atomic E-state index is 0.399. The molecule has 0 spiro atoms. The van der Waals surface area contributed by atoms with Crippen molar-refractivity contribution in [2.75, 3.05) is 6.54 Å². The van der Waals surface area contributed by atoms with Crippen LogP contribution in [0, 0.1) is 11.3 Å². The summed E-state index contributed by atoms with van der Waals surface area (Å²) in [6, 6.07) is 11.6. The molecule has 0 radical (unpaired) electrons. The maximum absolute atomic E-state index is 8.83. The molecule has 0 saturated carbocycles. The molecule has 1 heterocycles. The first-order chi connectivity index (χ1) is 10.2. The Labute approximate surface area is 132 Å². The van der Waals surface area contributed by atoms with Gasteiger partial charge in [0.05, 0.1) is 4.47 Å². The van der Waals surface area contributed by atoms with Crippen molar-refractivity contribution >= 4 is 15.9 Å². The van der Waals surface area contributed by atoms with Crippen molar-refractivity contribution in [2.24, 2.45) is 0 Å². The Balaban J connectivity index is 2.01. The molecule has 21 heavy (non-hydrogen) atoms. The Hall–Kier alpha value is -1.90. The van der Waals surface area contributed by atoms with Crippen LogP contribution in [0.5, 0.6) is 5.75 Å². The highest BCUT2D eigenvalue weighted by Crippen LogP contribution is 2.26. The van der Waals surface area contributed by atoms with Gasteiger partial charge in [0.2, 0.25) is 0 Å². The van der Waals surface area contributed by atoms with Crippen LogP contribution in [0.2, 0.25) is 0 Å². The van der Waals surface area contributed by atoms with Crippen LogP contribution in [0.4, 0.5) is 0 Å². The van der Waals surface area contributed by atoms with Gasteiger partial charge in [0, 0.05) is 12.7 Å². The first kappa shape index (κ1) is 15.5. The second-order valence-corrected chi connectivity index (χ2v) is 5.35. The van der Waals surface area contributed by atoms with Crippen LogP contribution in [0.1, 0.15) is 23.7 Å². The predicted octanol–water partition coefficient (Wildman–Crippen LogP) is 3.40. The maximum Gasteiger partial charge on any atom is 0.140 e. The standard InChI is InChI=1S/C16H16BrN3O/c1-2-19-10-12-3-4-16(15(17)8-12)21-11-13-5-6-20-14(7-13)9-18/h3-8,19H,2,10-11H2,1H3. The molecule has 0 fully saturated rings. The number of rotatable bonds is 6. The number of hydrogen-bond donors (Lipinski definition) is 1. The van der Waals surface area contributed by atoms with Crippen LogP contribution in [-0.2, 0) is 13.2 Å². The average molecular weight is 346 g/mol. The molecule has 1 aromatic heterocycles. The molecule has 2 rings (SSSR count). The quantitative estimate of drug-likeness (QED) is 0.871. The number of aromatic nitrogens is 1. The maximum atomic E-state index is 8.83. The predicted molar refractivity (Wildman–Crippen MR) is 84.8 cm³/mol. The summed E-state index contributed by atoms with van der Waals surface area (Å²) in [4.78, 5) is 3.94. The SMILES string of the molecule is CCNCc1ccc(OCc2ccnc(C#N)c2)c(Br)c1. The molecule has 4 nitrogen and oxygen atoms in total. The van der Waals surface area contributed by atoms with Crippen molar-refractivity contribution in [3.8, 4) is 11.8 Å². The fraction of sp³-hybridized carbons (Fsp3) is 0.250. The molecule has 0 bridgehead atoms. The average Bonchev–Trinajstić information content (AvgIpc) is 2.52. The summed E-state index contributed by atoms with van der Waals surface area (Å²) in [5.41, 5.74) is 2.52. The van der Waals surface area contributed by atoms with E-state index in [9.17, 15) is 0 Å². The van der Waals surface area contributed by atoms with E-state index in [1.807, 2.05) is 30.3 Å². The van der Waals surface area contributed by atoms with E-state index in [0.717, 1.165) is 28.9 Å². The van der Waals surface area contributed by atoms with Crippen molar-refractivity contribution in [2.45, 2.75) is 20.1 Å². The van der Waals surface area contributed by atoms with Crippen molar-refractivity contribution in [1.29, 1.82) is 5.26 Å². The van der Waals surface area contributed by atoms with Gasteiger partial charge >= 0.3 is 0 Å². The molecule has 0 aliphatic heterocycles. The molecule has 0 unspecified atom stereocenters. The molecule has 0 atom stereocenters. The zero-order valence-electron chi connectivity index (χ0n) is 11.8. The molecule has 108 valence electrons. The second-order valence-electron chi connectivity index (χ2n) is 4.49. The number of pyridine rings is 1. The number of nitriles is 1. The van der Waals surface area contributed by atoms with Crippen molar-refractivity contribution in [1.82, 2.24) is 10.3 Å². The van der Waals surface area contributed by atoms with E-state index in [1.54, 1.807) is 12.3 Å². The minimum absolute atomic E-state index is 0.399. The van der Waals surface area contributed by atoms with Crippen LogP contribution in [0.25, 0.3) is 0 Å². The van der Waals surface area contributed by atoms with Crippen LogP contribution in [-0.4, -0.2) is 11.5 Å². The highest BCUT2D eigenvalue weighted by Gasteiger charge is 2.04. The van der Waals surface area contributed by atoms with Gasteiger partial charge in [0.1, 0.15) is 24.1 Å². The third-order valence-electron chi connectivity index (χ3n) is 2.91. The lowest BCUT2D eigenvalue weighted by molar-refractivity contribution is 0.304. The van der Waals surface area contributed by atoms with Crippen LogP contribution in [0.3, 0.4) is 0 Å². The van der Waals surface area contributed by atoms with Gasteiger partial charge in [-0.2, -0.15) is 5.26 Å². The Kier molecular flexibility index (Phi) is 5.73. The molecule has 0 aliphatic carbocycles. The lowest BCUT2D eigenvalue weighted by Crippen LogP contribution is -2.11. The zero-order valence-corrected chi connectivity index (χ0v) is 13.4. The normalized spacial score (nSPS) is 10.1.